The number of aliphatic hydroxyl groups excluding tert-OH is 1. The highest BCUT2D eigenvalue weighted by molar-refractivity contribution is 5.18. The highest BCUT2D eigenvalue weighted by Gasteiger charge is 2.42. The Morgan fingerprint density at radius 3 is 2.64 bits per heavy atom. The Kier molecular flexibility index (Phi) is 2.57. The molecule has 0 aromatic heterocycles. The van der Waals surface area contributed by atoms with Gasteiger partial charge in [-0.05, 0) is 5.92 Å². The number of rotatable bonds is 2. The summed E-state index contributed by atoms with van der Waals surface area (Å²) in [5, 5.41) is 9.81. The Morgan fingerprint density at radius 1 is 1.36 bits per heavy atom. The van der Waals surface area contributed by atoms with Gasteiger partial charge in [0.1, 0.15) is 0 Å². The molecule has 0 aromatic rings. The second-order valence-electron chi connectivity index (χ2n) is 4.00. The van der Waals surface area contributed by atoms with E-state index in [2.05, 4.69) is 19.6 Å². The fraction of sp³-hybridized carbons (Fsp3) is 0.500. The van der Waals surface area contributed by atoms with Crippen molar-refractivity contribution >= 4 is 0 Å². The first-order chi connectivity index (χ1) is 6.74. The van der Waals surface area contributed by atoms with Crippen LogP contribution in [0.4, 0.5) is 0 Å². The summed E-state index contributed by atoms with van der Waals surface area (Å²) in [6.07, 6.45) is 9.34. The average molecular weight is 192 g/mol. The lowest BCUT2D eigenvalue weighted by Crippen LogP contribution is -2.30. The number of fused-ring (bicyclic) bond motifs is 2. The zero-order chi connectivity index (χ0) is 10.1. The Labute approximate surface area is 84.6 Å². The van der Waals surface area contributed by atoms with Gasteiger partial charge in [-0.15, -0.1) is 6.58 Å². The van der Waals surface area contributed by atoms with E-state index in [1.165, 1.54) is 0 Å². The SMILES string of the molecule is C=CC(O)C1C2C=CC=CC(O2)C1C. The van der Waals surface area contributed by atoms with Crippen molar-refractivity contribution in [3.63, 3.8) is 0 Å². The number of ether oxygens (including phenoxy) is 1. The molecule has 2 aliphatic heterocycles. The third kappa shape index (κ3) is 1.45. The average Bonchev–Trinajstić information content (AvgIpc) is 2.41. The summed E-state index contributed by atoms with van der Waals surface area (Å²) < 4.78 is 5.79. The first-order valence-corrected chi connectivity index (χ1v) is 5.05. The van der Waals surface area contributed by atoms with Gasteiger partial charge in [0.15, 0.2) is 0 Å². The highest BCUT2D eigenvalue weighted by atomic mass is 16.5. The number of hydrogen-bond donors (Lipinski definition) is 1. The van der Waals surface area contributed by atoms with Crippen molar-refractivity contribution in [3.05, 3.63) is 37.0 Å². The standard InChI is InChI=1S/C12H16O2/c1-3-9(13)12-8(2)10-6-4-5-7-11(12)14-10/h3-13H,1H2,2H3. The van der Waals surface area contributed by atoms with Crippen molar-refractivity contribution in [2.75, 3.05) is 0 Å². The van der Waals surface area contributed by atoms with Crippen molar-refractivity contribution in [3.8, 4) is 0 Å². The molecule has 0 saturated carbocycles. The van der Waals surface area contributed by atoms with Crippen LogP contribution in [-0.2, 0) is 4.74 Å². The maximum absolute atomic E-state index is 9.81. The summed E-state index contributed by atoms with van der Waals surface area (Å²) in [4.78, 5) is 0. The van der Waals surface area contributed by atoms with Crippen LogP contribution in [-0.4, -0.2) is 23.4 Å². The molecular weight excluding hydrogens is 176 g/mol. The molecule has 5 unspecified atom stereocenters. The minimum Gasteiger partial charge on any atom is -0.389 e. The van der Waals surface area contributed by atoms with Crippen molar-refractivity contribution in [2.24, 2.45) is 11.8 Å². The van der Waals surface area contributed by atoms with E-state index in [9.17, 15) is 5.11 Å². The van der Waals surface area contributed by atoms with Crippen molar-refractivity contribution in [1.29, 1.82) is 0 Å². The second-order valence-corrected chi connectivity index (χ2v) is 4.00. The first-order valence-electron chi connectivity index (χ1n) is 5.05. The van der Waals surface area contributed by atoms with Crippen LogP contribution in [0.1, 0.15) is 6.92 Å². The zero-order valence-electron chi connectivity index (χ0n) is 8.34. The van der Waals surface area contributed by atoms with Gasteiger partial charge in [-0.2, -0.15) is 0 Å². The first kappa shape index (κ1) is 9.69. The van der Waals surface area contributed by atoms with E-state index in [0.29, 0.717) is 5.92 Å². The Balaban J connectivity index is 2.23. The normalized spacial score (nSPS) is 42.1. The van der Waals surface area contributed by atoms with Gasteiger partial charge in [0.05, 0.1) is 18.3 Å². The molecule has 2 rings (SSSR count). The molecule has 2 nitrogen and oxygen atoms in total. The summed E-state index contributed by atoms with van der Waals surface area (Å²) in [6, 6.07) is 0. The van der Waals surface area contributed by atoms with E-state index in [-0.39, 0.29) is 18.1 Å². The van der Waals surface area contributed by atoms with Gasteiger partial charge in [0.2, 0.25) is 0 Å². The van der Waals surface area contributed by atoms with Crippen molar-refractivity contribution in [2.45, 2.75) is 25.2 Å². The lowest BCUT2D eigenvalue weighted by molar-refractivity contribution is 0.0634. The fourth-order valence-corrected chi connectivity index (χ4v) is 2.32. The molecule has 14 heavy (non-hydrogen) atoms. The summed E-state index contributed by atoms with van der Waals surface area (Å²) in [7, 11) is 0. The van der Waals surface area contributed by atoms with Crippen LogP contribution in [0.5, 0.6) is 0 Å². The van der Waals surface area contributed by atoms with E-state index < -0.39 is 6.10 Å². The predicted molar refractivity (Wildman–Crippen MR) is 55.8 cm³/mol. The summed E-state index contributed by atoms with van der Waals surface area (Å²) in [5.41, 5.74) is 0. The van der Waals surface area contributed by atoms with Crippen LogP contribution in [0.3, 0.4) is 0 Å². The molecule has 0 amide bonds. The monoisotopic (exact) mass is 192 g/mol. The largest absolute Gasteiger partial charge is 0.389 e. The Bertz CT molecular complexity index is 280. The van der Waals surface area contributed by atoms with E-state index in [1.807, 2.05) is 18.2 Å². The molecule has 0 aromatic carbocycles. The van der Waals surface area contributed by atoms with Crippen LogP contribution in [0.2, 0.25) is 0 Å². The highest BCUT2D eigenvalue weighted by Crippen LogP contribution is 2.37. The summed E-state index contributed by atoms with van der Waals surface area (Å²) >= 11 is 0. The second kappa shape index (κ2) is 3.71. The molecule has 2 bridgehead atoms. The van der Waals surface area contributed by atoms with Gasteiger partial charge in [0.25, 0.3) is 0 Å². The van der Waals surface area contributed by atoms with Crippen molar-refractivity contribution < 1.29 is 9.84 Å². The zero-order valence-corrected chi connectivity index (χ0v) is 8.34. The number of aliphatic hydroxyl groups is 1. The van der Waals surface area contributed by atoms with Crippen LogP contribution in [0, 0.1) is 11.8 Å². The molecule has 0 aliphatic carbocycles. The predicted octanol–water partition coefficient (Wildman–Crippen LogP) is 1.68. The molecule has 2 heteroatoms. The van der Waals surface area contributed by atoms with Gasteiger partial charge in [-0.1, -0.05) is 37.3 Å². The third-order valence-corrected chi connectivity index (χ3v) is 3.17. The molecule has 0 radical (unpaired) electrons. The minimum atomic E-state index is -0.476. The maximum Gasteiger partial charge on any atom is 0.0826 e. The van der Waals surface area contributed by atoms with E-state index >= 15 is 0 Å². The molecular formula is C12H16O2. The maximum atomic E-state index is 9.81. The summed E-state index contributed by atoms with van der Waals surface area (Å²) in [6.45, 7) is 5.75. The lowest BCUT2D eigenvalue weighted by atomic mass is 9.83. The Hall–Kier alpha value is -0.860. The van der Waals surface area contributed by atoms with Gasteiger partial charge in [-0.25, -0.2) is 0 Å². The van der Waals surface area contributed by atoms with Gasteiger partial charge >= 0.3 is 0 Å². The van der Waals surface area contributed by atoms with Crippen LogP contribution in [0.25, 0.3) is 0 Å². The lowest BCUT2D eigenvalue weighted by Gasteiger charge is -2.22. The molecule has 1 fully saturated rings. The molecule has 2 aliphatic rings. The molecule has 1 N–H and O–H groups in total. The summed E-state index contributed by atoms with van der Waals surface area (Å²) in [5.74, 6) is 0.480. The van der Waals surface area contributed by atoms with Gasteiger partial charge < -0.3 is 9.84 Å². The molecule has 76 valence electrons. The smallest absolute Gasteiger partial charge is 0.0826 e. The quantitative estimate of drug-likeness (QED) is 0.674. The topological polar surface area (TPSA) is 29.5 Å². The van der Waals surface area contributed by atoms with E-state index in [0.717, 1.165) is 0 Å². The fourth-order valence-electron chi connectivity index (χ4n) is 2.32. The number of allylic oxidation sites excluding steroid dienone is 2. The molecule has 1 saturated heterocycles. The molecule has 0 spiro atoms. The van der Waals surface area contributed by atoms with Gasteiger partial charge in [0, 0.05) is 5.92 Å². The van der Waals surface area contributed by atoms with E-state index in [4.69, 9.17) is 4.74 Å². The molecule has 2 heterocycles. The van der Waals surface area contributed by atoms with Crippen LogP contribution in [0.15, 0.2) is 37.0 Å². The van der Waals surface area contributed by atoms with Crippen LogP contribution >= 0.6 is 0 Å². The van der Waals surface area contributed by atoms with Crippen molar-refractivity contribution in [1.82, 2.24) is 0 Å². The Morgan fingerprint density at radius 2 is 2.00 bits per heavy atom. The van der Waals surface area contributed by atoms with Gasteiger partial charge in [-0.3, -0.25) is 0 Å². The van der Waals surface area contributed by atoms with Crippen LogP contribution < -0.4 is 0 Å². The minimum absolute atomic E-state index is 0.0259. The number of hydrogen-bond acceptors (Lipinski definition) is 2. The third-order valence-electron chi connectivity index (χ3n) is 3.17. The molecule has 5 atom stereocenters. The van der Waals surface area contributed by atoms with E-state index in [1.54, 1.807) is 6.08 Å².